The van der Waals surface area contributed by atoms with Gasteiger partial charge < -0.3 is 4.13 Å². The lowest BCUT2D eigenvalue weighted by atomic mass is 10.3. The molecule has 0 aliphatic carbocycles. The van der Waals surface area contributed by atoms with E-state index in [2.05, 4.69) is 42.9 Å². The Bertz CT molecular complexity index is 713. The summed E-state index contributed by atoms with van der Waals surface area (Å²) in [6.45, 7) is 5.42. The lowest BCUT2D eigenvalue weighted by molar-refractivity contribution is -0.697. The Labute approximate surface area is 140 Å². The van der Waals surface area contributed by atoms with Crippen molar-refractivity contribution < 1.29 is 47.7 Å². The number of hydrogen-bond donors (Lipinski definition) is 0. The molecule has 0 atom stereocenters. The number of rotatable bonds is 4. The van der Waals surface area contributed by atoms with Crippen molar-refractivity contribution >= 4 is 20.0 Å². The third-order valence-electron chi connectivity index (χ3n) is 2.32. The molecule has 1 aromatic heterocycles. The summed E-state index contributed by atoms with van der Waals surface area (Å²) in [5, 5.41) is 0. The Hall–Kier alpha value is -1.41. The van der Waals surface area contributed by atoms with E-state index in [0.717, 1.165) is 10.7 Å². The van der Waals surface area contributed by atoms with Crippen LogP contribution < -0.4 is 4.57 Å². The number of aryl methyl sites for hydroxylation is 2. The number of halogens is 6. The predicted molar refractivity (Wildman–Crippen MR) is 75.0 cm³/mol. The highest BCUT2D eigenvalue weighted by atomic mass is 32.3. The van der Waals surface area contributed by atoms with Crippen LogP contribution in [0.4, 0.5) is 26.3 Å². The minimum Gasteiger partial charge on any atom is -0.421 e. The summed E-state index contributed by atoms with van der Waals surface area (Å²) in [6.07, 6.45) is 5.45. The first-order valence-corrected chi connectivity index (χ1v) is 9.24. The molecule has 0 unspecified atom stereocenters. The zero-order valence-electron chi connectivity index (χ0n) is 12.8. The molecular weight excluding hydrogens is 402 g/mol. The first-order chi connectivity index (χ1) is 11.0. The second kappa shape index (κ2) is 8.31. The highest BCUT2D eigenvalue weighted by molar-refractivity contribution is 8.13. The third-order valence-corrected chi connectivity index (χ3v) is 5.06. The van der Waals surface area contributed by atoms with Crippen molar-refractivity contribution in [3.05, 3.63) is 34.2 Å². The molecule has 0 aliphatic heterocycles. The van der Waals surface area contributed by atoms with Gasteiger partial charge in [-0.2, -0.15) is 26.3 Å². The molecule has 1 rings (SSSR count). The van der Waals surface area contributed by atoms with Gasteiger partial charge in [0.1, 0.15) is 6.54 Å². The summed E-state index contributed by atoms with van der Waals surface area (Å²) >= 11 is 0. The van der Waals surface area contributed by atoms with E-state index in [9.17, 15) is 43.2 Å². The van der Waals surface area contributed by atoms with Crippen LogP contribution in [-0.4, -0.2) is 27.9 Å². The van der Waals surface area contributed by atoms with Crippen LogP contribution in [0.3, 0.4) is 0 Å². The van der Waals surface area contributed by atoms with Gasteiger partial charge in [-0.25, -0.2) is 21.4 Å². The molecule has 0 spiro atoms. The summed E-state index contributed by atoms with van der Waals surface area (Å²) in [7, 11) is -13.4. The molecule has 0 aliphatic rings. The number of nitrogens with zero attached hydrogens (tertiary/aromatic N) is 2. The summed E-state index contributed by atoms with van der Waals surface area (Å²) in [5.74, 6) is 0. The molecule has 0 saturated carbocycles. The lowest BCUT2D eigenvalue weighted by Crippen LogP contribution is -2.31. The van der Waals surface area contributed by atoms with Gasteiger partial charge in [0.25, 0.3) is 0 Å². The SMILES string of the molecule is CCC[n+]1ccc(C)cc1.O=S(=O)([N-]S(=O)(=O)C(F)(F)F)C(F)(F)F. The van der Waals surface area contributed by atoms with Crippen LogP contribution in [0.15, 0.2) is 24.5 Å². The van der Waals surface area contributed by atoms with E-state index in [1.165, 1.54) is 12.0 Å². The maximum atomic E-state index is 11.4. The van der Waals surface area contributed by atoms with E-state index < -0.39 is 31.1 Å². The number of pyridine rings is 1. The molecule has 0 bridgehead atoms. The van der Waals surface area contributed by atoms with Crippen LogP contribution in [0.5, 0.6) is 0 Å². The molecular formula is C11H14F6N2O4S2. The third kappa shape index (κ3) is 7.56. The first-order valence-electron chi connectivity index (χ1n) is 6.36. The quantitative estimate of drug-likeness (QED) is 0.558. The van der Waals surface area contributed by atoms with Gasteiger partial charge in [0.15, 0.2) is 32.4 Å². The molecule has 6 nitrogen and oxygen atoms in total. The highest BCUT2D eigenvalue weighted by Gasteiger charge is 2.46. The van der Waals surface area contributed by atoms with Crippen molar-refractivity contribution in [1.82, 2.24) is 0 Å². The predicted octanol–water partition coefficient (Wildman–Crippen LogP) is 2.75. The van der Waals surface area contributed by atoms with Crippen molar-refractivity contribution in [1.29, 1.82) is 0 Å². The van der Waals surface area contributed by atoms with Crippen LogP contribution in [0.1, 0.15) is 18.9 Å². The Morgan fingerprint density at radius 3 is 1.56 bits per heavy atom. The molecule has 0 N–H and O–H groups in total. The molecule has 25 heavy (non-hydrogen) atoms. The topological polar surface area (TPSA) is 86.3 Å². The van der Waals surface area contributed by atoms with Gasteiger partial charge >= 0.3 is 11.0 Å². The Balaban J connectivity index is 0.000000496. The molecule has 0 fully saturated rings. The summed E-state index contributed by atoms with van der Waals surface area (Å²) < 4.78 is 111. The van der Waals surface area contributed by atoms with Gasteiger partial charge in [-0.3, -0.25) is 0 Å². The molecule has 0 saturated heterocycles. The van der Waals surface area contributed by atoms with E-state index in [-0.39, 0.29) is 0 Å². The van der Waals surface area contributed by atoms with E-state index >= 15 is 0 Å². The largest absolute Gasteiger partial charge is 0.480 e. The molecule has 14 heteroatoms. The molecule has 0 aromatic carbocycles. The molecule has 1 heterocycles. The summed E-state index contributed by atoms with van der Waals surface area (Å²) in [6, 6.07) is 4.27. The Morgan fingerprint density at radius 1 is 0.920 bits per heavy atom. The van der Waals surface area contributed by atoms with Crippen molar-refractivity contribution in [3.63, 3.8) is 0 Å². The number of alkyl halides is 6. The Kier molecular flexibility index (Phi) is 7.84. The zero-order chi connectivity index (χ0) is 20.1. The van der Waals surface area contributed by atoms with Crippen LogP contribution >= 0.6 is 0 Å². The number of sulfonamides is 2. The molecule has 0 radical (unpaired) electrons. The standard InChI is InChI=1S/C9H14N.C2F6NO4S2/c1-3-6-10-7-4-9(2)5-8-10;3-1(4,5)14(10,11)9-15(12,13)2(6,7)8/h4-5,7-8H,3,6H2,1-2H3;/q+1;-1. The van der Waals surface area contributed by atoms with Crippen molar-refractivity contribution in [2.45, 2.75) is 37.8 Å². The van der Waals surface area contributed by atoms with E-state index in [1.807, 2.05) is 0 Å². The Morgan fingerprint density at radius 2 is 1.28 bits per heavy atom. The van der Waals surface area contributed by atoms with Gasteiger partial charge in [0, 0.05) is 18.6 Å². The molecule has 1 aromatic rings. The van der Waals surface area contributed by atoms with Crippen LogP contribution in [0, 0.1) is 6.92 Å². The van der Waals surface area contributed by atoms with Crippen molar-refractivity contribution in [2.24, 2.45) is 0 Å². The van der Waals surface area contributed by atoms with Crippen molar-refractivity contribution in [3.8, 4) is 0 Å². The van der Waals surface area contributed by atoms with Gasteiger partial charge in [-0.05, 0) is 12.5 Å². The summed E-state index contributed by atoms with van der Waals surface area (Å²) in [4.78, 5) is 0. The maximum Gasteiger partial charge on any atom is 0.480 e. The molecule has 146 valence electrons. The monoisotopic (exact) mass is 416 g/mol. The number of aromatic nitrogens is 1. The van der Waals surface area contributed by atoms with E-state index in [1.54, 1.807) is 0 Å². The second-order valence-corrected chi connectivity index (χ2v) is 7.95. The van der Waals surface area contributed by atoms with Crippen LogP contribution in [0.25, 0.3) is 4.13 Å². The second-order valence-electron chi connectivity index (χ2n) is 4.53. The molecule has 0 amide bonds. The average Bonchev–Trinajstić information content (AvgIpc) is 2.38. The first kappa shape index (κ1) is 23.6. The summed E-state index contributed by atoms with van der Waals surface area (Å²) in [5.41, 5.74) is -11.1. The smallest absolute Gasteiger partial charge is 0.421 e. The fraction of sp³-hybridized carbons (Fsp3) is 0.545. The zero-order valence-corrected chi connectivity index (χ0v) is 14.5. The number of hydrogen-bond acceptors (Lipinski definition) is 4. The van der Waals surface area contributed by atoms with Gasteiger partial charge in [0.2, 0.25) is 0 Å². The van der Waals surface area contributed by atoms with E-state index in [0.29, 0.717) is 0 Å². The maximum absolute atomic E-state index is 11.4. The van der Waals surface area contributed by atoms with E-state index in [4.69, 9.17) is 0 Å². The van der Waals surface area contributed by atoms with Crippen LogP contribution in [-0.2, 0) is 26.6 Å². The minimum absolute atomic E-state index is 0.778. The fourth-order valence-corrected chi connectivity index (χ4v) is 2.86. The van der Waals surface area contributed by atoms with Crippen molar-refractivity contribution in [2.75, 3.05) is 0 Å². The van der Waals surface area contributed by atoms with Crippen LogP contribution in [0.2, 0.25) is 0 Å². The highest BCUT2D eigenvalue weighted by Crippen LogP contribution is 2.36. The normalized spacial score (nSPS) is 13.1. The lowest BCUT2D eigenvalue weighted by Gasteiger charge is -2.22. The average molecular weight is 416 g/mol. The fourth-order valence-electron chi connectivity index (χ4n) is 1.15. The van der Waals surface area contributed by atoms with Gasteiger partial charge in [-0.1, -0.05) is 6.92 Å². The van der Waals surface area contributed by atoms with Gasteiger partial charge in [-0.15, -0.1) is 0 Å². The van der Waals surface area contributed by atoms with Gasteiger partial charge in [0.05, 0.1) is 0 Å². The minimum atomic E-state index is -6.72.